The van der Waals surface area contributed by atoms with Crippen molar-refractivity contribution in [2.75, 3.05) is 13.1 Å². The normalized spacial score (nSPS) is 20.9. The van der Waals surface area contributed by atoms with E-state index in [2.05, 4.69) is 10.0 Å². The van der Waals surface area contributed by atoms with E-state index < -0.39 is 0 Å². The van der Waals surface area contributed by atoms with Crippen LogP contribution < -0.4 is 0 Å². The van der Waals surface area contributed by atoms with E-state index in [-0.39, 0.29) is 17.6 Å². The second-order valence-electron chi connectivity index (χ2n) is 3.88. The second-order valence-corrected chi connectivity index (χ2v) is 3.88. The standard InChI is InChI=1S/C10H14N4O2/c1-7(3-8(2)15)14-6-9(4-10(14)16)5-12-13-11/h3,9H,4-6H2,1-2H3. The van der Waals surface area contributed by atoms with E-state index in [1.807, 2.05) is 0 Å². The Morgan fingerprint density at radius 2 is 2.38 bits per heavy atom. The molecular formula is C10H14N4O2. The molecule has 0 saturated carbocycles. The fourth-order valence-electron chi connectivity index (χ4n) is 1.77. The lowest BCUT2D eigenvalue weighted by molar-refractivity contribution is -0.126. The summed E-state index contributed by atoms with van der Waals surface area (Å²) in [5, 5.41) is 3.46. The SMILES string of the molecule is CC(=O)C=C(C)N1CC(CN=[N+]=[N-])CC1=O. The molecule has 1 aliphatic rings. The molecule has 1 fully saturated rings. The minimum Gasteiger partial charge on any atom is -0.316 e. The molecular weight excluding hydrogens is 208 g/mol. The third kappa shape index (κ3) is 3.10. The Bertz CT molecular complexity index is 382. The number of amides is 1. The molecule has 6 nitrogen and oxygen atoms in total. The van der Waals surface area contributed by atoms with E-state index in [1.54, 1.807) is 11.8 Å². The average molecular weight is 222 g/mol. The number of allylic oxidation sites excluding steroid dienone is 2. The van der Waals surface area contributed by atoms with Crippen LogP contribution in [-0.2, 0) is 9.59 Å². The number of azide groups is 1. The highest BCUT2D eigenvalue weighted by atomic mass is 16.2. The van der Waals surface area contributed by atoms with Crippen LogP contribution in [-0.4, -0.2) is 29.7 Å². The van der Waals surface area contributed by atoms with Crippen molar-refractivity contribution in [1.82, 2.24) is 4.90 Å². The van der Waals surface area contributed by atoms with Gasteiger partial charge in [-0.1, -0.05) is 5.11 Å². The molecule has 1 atom stereocenters. The number of ketones is 1. The predicted molar refractivity (Wildman–Crippen MR) is 58.3 cm³/mol. The molecule has 1 amide bonds. The molecule has 6 heteroatoms. The van der Waals surface area contributed by atoms with Crippen LogP contribution in [0, 0.1) is 5.92 Å². The highest BCUT2D eigenvalue weighted by Gasteiger charge is 2.29. The molecule has 1 saturated heterocycles. The summed E-state index contributed by atoms with van der Waals surface area (Å²) in [6.07, 6.45) is 1.82. The maximum absolute atomic E-state index is 11.6. The highest BCUT2D eigenvalue weighted by Crippen LogP contribution is 2.22. The number of rotatable bonds is 4. The number of likely N-dealkylation sites (tertiary alicyclic amines) is 1. The van der Waals surface area contributed by atoms with Crippen molar-refractivity contribution < 1.29 is 9.59 Å². The number of hydrogen-bond donors (Lipinski definition) is 0. The van der Waals surface area contributed by atoms with Gasteiger partial charge < -0.3 is 4.90 Å². The van der Waals surface area contributed by atoms with Gasteiger partial charge in [0.2, 0.25) is 5.91 Å². The van der Waals surface area contributed by atoms with Gasteiger partial charge in [0.05, 0.1) is 0 Å². The van der Waals surface area contributed by atoms with Gasteiger partial charge in [-0.25, -0.2) is 0 Å². The van der Waals surface area contributed by atoms with Crippen molar-refractivity contribution >= 4 is 11.7 Å². The van der Waals surface area contributed by atoms with Gasteiger partial charge in [0.1, 0.15) is 0 Å². The molecule has 0 aromatic rings. The lowest BCUT2D eigenvalue weighted by Gasteiger charge is -2.16. The number of carbonyl (C=O) groups excluding carboxylic acids is 2. The summed E-state index contributed by atoms with van der Waals surface area (Å²) in [6.45, 7) is 4.02. The van der Waals surface area contributed by atoms with Crippen LogP contribution in [0.15, 0.2) is 16.9 Å². The first-order chi connectivity index (χ1) is 7.54. The molecule has 0 aliphatic carbocycles. The molecule has 1 unspecified atom stereocenters. The molecule has 0 N–H and O–H groups in total. The monoisotopic (exact) mass is 222 g/mol. The van der Waals surface area contributed by atoms with Gasteiger partial charge in [-0.05, 0) is 25.3 Å². The van der Waals surface area contributed by atoms with E-state index in [1.165, 1.54) is 13.0 Å². The predicted octanol–water partition coefficient (Wildman–Crippen LogP) is 1.64. The summed E-state index contributed by atoms with van der Waals surface area (Å²) in [6, 6.07) is 0. The van der Waals surface area contributed by atoms with E-state index in [0.29, 0.717) is 25.2 Å². The molecule has 1 heterocycles. The van der Waals surface area contributed by atoms with Crippen LogP contribution >= 0.6 is 0 Å². The first-order valence-corrected chi connectivity index (χ1v) is 5.04. The summed E-state index contributed by atoms with van der Waals surface area (Å²) in [5.74, 6) is -0.0457. The van der Waals surface area contributed by atoms with Crippen LogP contribution in [0.5, 0.6) is 0 Å². The maximum Gasteiger partial charge on any atom is 0.227 e. The molecule has 0 bridgehead atoms. The largest absolute Gasteiger partial charge is 0.316 e. The summed E-state index contributed by atoms with van der Waals surface area (Å²) < 4.78 is 0. The molecule has 0 radical (unpaired) electrons. The molecule has 16 heavy (non-hydrogen) atoms. The summed E-state index contributed by atoms with van der Waals surface area (Å²) in [4.78, 5) is 26.7. The fraction of sp³-hybridized carbons (Fsp3) is 0.600. The van der Waals surface area contributed by atoms with Crippen molar-refractivity contribution in [2.45, 2.75) is 20.3 Å². The summed E-state index contributed by atoms with van der Waals surface area (Å²) >= 11 is 0. The first-order valence-electron chi connectivity index (χ1n) is 5.04. The Kier molecular flexibility index (Phi) is 4.08. The lowest BCUT2D eigenvalue weighted by atomic mass is 10.1. The van der Waals surface area contributed by atoms with Gasteiger partial charge in [0.25, 0.3) is 0 Å². The minimum atomic E-state index is -0.0798. The van der Waals surface area contributed by atoms with Crippen molar-refractivity contribution in [3.05, 3.63) is 22.2 Å². The molecule has 86 valence electrons. The number of nitrogens with zero attached hydrogens (tertiary/aromatic N) is 4. The molecule has 0 aromatic carbocycles. The smallest absolute Gasteiger partial charge is 0.227 e. The van der Waals surface area contributed by atoms with Gasteiger partial charge in [-0.15, -0.1) is 0 Å². The zero-order chi connectivity index (χ0) is 12.1. The van der Waals surface area contributed by atoms with Gasteiger partial charge >= 0.3 is 0 Å². The van der Waals surface area contributed by atoms with Gasteiger partial charge in [-0.2, -0.15) is 0 Å². The van der Waals surface area contributed by atoms with E-state index in [4.69, 9.17) is 5.53 Å². The fourth-order valence-corrected chi connectivity index (χ4v) is 1.77. The lowest BCUT2D eigenvalue weighted by Crippen LogP contribution is -2.23. The average Bonchev–Trinajstić information content (AvgIpc) is 2.55. The zero-order valence-corrected chi connectivity index (χ0v) is 9.38. The van der Waals surface area contributed by atoms with Crippen molar-refractivity contribution in [3.63, 3.8) is 0 Å². The van der Waals surface area contributed by atoms with Gasteiger partial charge in [-0.3, -0.25) is 9.59 Å². The van der Waals surface area contributed by atoms with Crippen LogP contribution in [0.25, 0.3) is 10.4 Å². The number of hydrogen-bond acceptors (Lipinski definition) is 3. The van der Waals surface area contributed by atoms with Gasteiger partial charge in [0.15, 0.2) is 5.78 Å². The third-order valence-electron chi connectivity index (χ3n) is 2.45. The summed E-state index contributed by atoms with van der Waals surface area (Å²) in [7, 11) is 0. The third-order valence-corrected chi connectivity index (χ3v) is 2.45. The molecule has 0 aromatic heterocycles. The Labute approximate surface area is 93.5 Å². The van der Waals surface area contributed by atoms with Crippen LogP contribution in [0.2, 0.25) is 0 Å². The van der Waals surface area contributed by atoms with Crippen molar-refractivity contribution in [2.24, 2.45) is 11.0 Å². The van der Waals surface area contributed by atoms with Crippen LogP contribution in [0.3, 0.4) is 0 Å². The zero-order valence-electron chi connectivity index (χ0n) is 9.38. The van der Waals surface area contributed by atoms with Crippen molar-refractivity contribution in [3.8, 4) is 0 Å². The molecule has 1 rings (SSSR count). The maximum atomic E-state index is 11.6. The van der Waals surface area contributed by atoms with E-state index in [0.717, 1.165) is 0 Å². The second kappa shape index (κ2) is 5.32. The van der Waals surface area contributed by atoms with Crippen LogP contribution in [0.4, 0.5) is 0 Å². The first kappa shape index (κ1) is 12.3. The van der Waals surface area contributed by atoms with Crippen LogP contribution in [0.1, 0.15) is 20.3 Å². The topological polar surface area (TPSA) is 86.1 Å². The summed E-state index contributed by atoms with van der Waals surface area (Å²) in [5.41, 5.74) is 8.84. The Hall–Kier alpha value is -1.81. The van der Waals surface area contributed by atoms with E-state index >= 15 is 0 Å². The minimum absolute atomic E-state index is 0.0202. The van der Waals surface area contributed by atoms with E-state index in [9.17, 15) is 9.59 Å². The molecule has 0 spiro atoms. The Morgan fingerprint density at radius 1 is 1.69 bits per heavy atom. The molecule has 1 aliphatic heterocycles. The highest BCUT2D eigenvalue weighted by molar-refractivity contribution is 5.89. The Morgan fingerprint density at radius 3 is 2.94 bits per heavy atom. The van der Waals surface area contributed by atoms with Crippen molar-refractivity contribution in [1.29, 1.82) is 0 Å². The quantitative estimate of drug-likeness (QED) is 0.313. The Balaban J connectivity index is 2.67. The number of carbonyl (C=O) groups is 2. The van der Waals surface area contributed by atoms with Gasteiger partial charge in [0, 0.05) is 36.2 Å².